The molecule has 28 heavy (non-hydrogen) atoms. The third-order valence-electron chi connectivity index (χ3n) is 4.81. The average Bonchev–Trinajstić information content (AvgIpc) is 2.73. The third-order valence-corrected chi connectivity index (χ3v) is 4.81. The summed E-state index contributed by atoms with van der Waals surface area (Å²) in [6.07, 6.45) is 1.72. The van der Waals surface area contributed by atoms with Gasteiger partial charge in [-0.3, -0.25) is 0 Å². The number of carbonyl (C=O) groups is 1. The number of methoxy groups -OCH3 is 1. The number of carbonyl (C=O) groups excluding carboxylic acids is 1. The van der Waals surface area contributed by atoms with Gasteiger partial charge >= 0.3 is 6.03 Å². The van der Waals surface area contributed by atoms with Crippen LogP contribution in [0.2, 0.25) is 0 Å². The molecule has 1 atom stereocenters. The van der Waals surface area contributed by atoms with Crippen LogP contribution in [0.15, 0.2) is 48.7 Å². The second kappa shape index (κ2) is 10.1. The van der Waals surface area contributed by atoms with Crippen LogP contribution in [0.1, 0.15) is 17.2 Å². The van der Waals surface area contributed by atoms with Crippen LogP contribution in [0.5, 0.6) is 5.88 Å². The van der Waals surface area contributed by atoms with Gasteiger partial charge in [0, 0.05) is 45.6 Å². The van der Waals surface area contributed by atoms with Gasteiger partial charge in [-0.25, -0.2) is 9.78 Å². The Hall–Kier alpha value is -2.64. The van der Waals surface area contributed by atoms with Crippen molar-refractivity contribution in [3.8, 4) is 5.88 Å². The number of hydrogen-bond donors (Lipinski definition) is 1. The molecule has 1 N–H and O–H groups in total. The first-order valence-electron chi connectivity index (χ1n) is 9.52. The first-order chi connectivity index (χ1) is 13.7. The summed E-state index contributed by atoms with van der Waals surface area (Å²) in [7, 11) is 3.72. The standard InChI is InChI=1S/C21H28N4O3/c1-24-10-11-25(19(16-24)18-6-4-3-5-7-18)21(26)23-15-17-8-9-20(22-14-17)28-13-12-27-2/h3-9,14,19H,10-13,15-16H2,1-2H3,(H,23,26). The topological polar surface area (TPSA) is 66.9 Å². The first-order valence-corrected chi connectivity index (χ1v) is 9.52. The molecule has 1 aromatic heterocycles. The molecule has 1 aliphatic heterocycles. The highest BCUT2D eigenvalue weighted by Crippen LogP contribution is 2.24. The van der Waals surface area contributed by atoms with Crippen LogP contribution in [0.25, 0.3) is 0 Å². The molecule has 1 unspecified atom stereocenters. The Kier molecular flexibility index (Phi) is 7.22. The van der Waals surface area contributed by atoms with Crippen molar-refractivity contribution in [1.29, 1.82) is 0 Å². The Bertz CT molecular complexity index is 739. The van der Waals surface area contributed by atoms with E-state index in [9.17, 15) is 4.79 Å². The van der Waals surface area contributed by atoms with Gasteiger partial charge in [-0.05, 0) is 18.2 Å². The molecular weight excluding hydrogens is 356 g/mol. The van der Waals surface area contributed by atoms with Crippen molar-refractivity contribution in [2.45, 2.75) is 12.6 Å². The number of nitrogens with zero attached hydrogens (tertiary/aromatic N) is 3. The van der Waals surface area contributed by atoms with Crippen LogP contribution in [-0.4, -0.2) is 67.8 Å². The van der Waals surface area contributed by atoms with Crippen molar-refractivity contribution >= 4 is 6.03 Å². The first kappa shape index (κ1) is 20.1. The number of piperazine rings is 1. The van der Waals surface area contributed by atoms with Crippen LogP contribution >= 0.6 is 0 Å². The number of pyridine rings is 1. The Balaban J connectivity index is 1.57. The molecule has 2 amide bonds. The number of ether oxygens (including phenoxy) is 2. The van der Waals surface area contributed by atoms with Gasteiger partial charge < -0.3 is 24.6 Å². The number of nitrogens with one attached hydrogen (secondary N) is 1. The van der Waals surface area contributed by atoms with Gasteiger partial charge in [0.1, 0.15) is 6.61 Å². The van der Waals surface area contributed by atoms with Crippen molar-refractivity contribution in [2.24, 2.45) is 0 Å². The van der Waals surface area contributed by atoms with Crippen molar-refractivity contribution < 1.29 is 14.3 Å². The van der Waals surface area contributed by atoms with Crippen LogP contribution in [0.4, 0.5) is 4.79 Å². The van der Waals surface area contributed by atoms with Crippen molar-refractivity contribution in [3.63, 3.8) is 0 Å². The zero-order valence-electron chi connectivity index (χ0n) is 16.5. The number of aromatic nitrogens is 1. The quantitative estimate of drug-likeness (QED) is 0.742. The Labute approximate surface area is 166 Å². The smallest absolute Gasteiger partial charge is 0.318 e. The van der Waals surface area contributed by atoms with E-state index in [1.165, 1.54) is 0 Å². The van der Waals surface area contributed by atoms with Gasteiger partial charge in [0.05, 0.1) is 12.6 Å². The van der Waals surface area contributed by atoms with E-state index >= 15 is 0 Å². The highest BCUT2D eigenvalue weighted by molar-refractivity contribution is 5.75. The van der Waals surface area contributed by atoms with Gasteiger partial charge in [-0.1, -0.05) is 36.4 Å². The number of urea groups is 1. The van der Waals surface area contributed by atoms with Crippen LogP contribution in [0.3, 0.4) is 0 Å². The summed E-state index contributed by atoms with van der Waals surface area (Å²) in [6.45, 7) is 3.81. The number of likely N-dealkylation sites (N-methyl/N-ethyl adjacent to an activating group) is 1. The summed E-state index contributed by atoms with van der Waals surface area (Å²) >= 11 is 0. The predicted octanol–water partition coefficient (Wildman–Crippen LogP) is 2.31. The SMILES string of the molecule is COCCOc1ccc(CNC(=O)N2CCN(C)CC2c2ccccc2)cn1. The van der Waals surface area contributed by atoms with Crippen molar-refractivity contribution in [3.05, 3.63) is 59.8 Å². The van der Waals surface area contributed by atoms with E-state index in [-0.39, 0.29) is 12.1 Å². The second-order valence-corrected chi connectivity index (χ2v) is 6.89. The van der Waals surface area contributed by atoms with Crippen LogP contribution in [0, 0.1) is 0 Å². The maximum absolute atomic E-state index is 12.8. The van der Waals surface area contributed by atoms with Gasteiger partial charge in [-0.2, -0.15) is 0 Å². The lowest BCUT2D eigenvalue weighted by Crippen LogP contribution is -2.52. The lowest BCUT2D eigenvalue weighted by molar-refractivity contribution is 0.108. The molecule has 1 aliphatic rings. The van der Waals surface area contributed by atoms with Crippen LogP contribution in [-0.2, 0) is 11.3 Å². The fourth-order valence-corrected chi connectivity index (χ4v) is 3.23. The zero-order chi connectivity index (χ0) is 19.8. The number of hydrogen-bond acceptors (Lipinski definition) is 5. The van der Waals surface area contributed by atoms with E-state index < -0.39 is 0 Å². The lowest BCUT2D eigenvalue weighted by Gasteiger charge is -2.40. The molecule has 0 bridgehead atoms. The number of amides is 2. The monoisotopic (exact) mass is 384 g/mol. The van der Waals surface area contributed by atoms with E-state index in [4.69, 9.17) is 9.47 Å². The van der Waals surface area contributed by atoms with E-state index in [1.807, 2.05) is 29.2 Å². The molecule has 0 aliphatic carbocycles. The van der Waals surface area contributed by atoms with E-state index in [1.54, 1.807) is 19.4 Å². The van der Waals surface area contributed by atoms with Gasteiger partial charge in [0.15, 0.2) is 0 Å². The van der Waals surface area contributed by atoms with Gasteiger partial charge in [0.25, 0.3) is 0 Å². The van der Waals surface area contributed by atoms with Gasteiger partial charge in [0.2, 0.25) is 5.88 Å². The molecular formula is C21H28N4O3. The molecule has 3 rings (SSSR count). The molecule has 0 saturated carbocycles. The summed E-state index contributed by atoms with van der Waals surface area (Å²) in [5, 5.41) is 3.02. The number of rotatable bonds is 7. The normalized spacial score (nSPS) is 17.4. The van der Waals surface area contributed by atoms with E-state index in [2.05, 4.69) is 34.4 Å². The third kappa shape index (κ3) is 5.43. The Morgan fingerprint density at radius 3 is 2.71 bits per heavy atom. The largest absolute Gasteiger partial charge is 0.475 e. The highest BCUT2D eigenvalue weighted by Gasteiger charge is 2.29. The molecule has 2 aromatic rings. The van der Waals surface area contributed by atoms with Crippen molar-refractivity contribution in [1.82, 2.24) is 20.1 Å². The maximum Gasteiger partial charge on any atom is 0.318 e. The number of benzene rings is 1. The summed E-state index contributed by atoms with van der Waals surface area (Å²) in [5.74, 6) is 0.551. The molecule has 7 nitrogen and oxygen atoms in total. The highest BCUT2D eigenvalue weighted by atomic mass is 16.5. The fraction of sp³-hybridized carbons (Fsp3) is 0.429. The van der Waals surface area contributed by atoms with Crippen LogP contribution < -0.4 is 10.1 Å². The molecule has 0 radical (unpaired) electrons. The zero-order valence-corrected chi connectivity index (χ0v) is 16.5. The molecule has 1 aromatic carbocycles. The molecule has 0 spiro atoms. The second-order valence-electron chi connectivity index (χ2n) is 6.89. The molecule has 1 saturated heterocycles. The average molecular weight is 384 g/mol. The summed E-state index contributed by atoms with van der Waals surface area (Å²) in [4.78, 5) is 21.3. The minimum Gasteiger partial charge on any atom is -0.475 e. The summed E-state index contributed by atoms with van der Waals surface area (Å²) in [5.41, 5.74) is 2.08. The summed E-state index contributed by atoms with van der Waals surface area (Å²) in [6, 6.07) is 13.9. The predicted molar refractivity (Wildman–Crippen MR) is 107 cm³/mol. The fourth-order valence-electron chi connectivity index (χ4n) is 3.23. The minimum absolute atomic E-state index is 0.0506. The lowest BCUT2D eigenvalue weighted by atomic mass is 10.0. The minimum atomic E-state index is -0.0534. The van der Waals surface area contributed by atoms with E-state index in [0.29, 0.717) is 32.2 Å². The summed E-state index contributed by atoms with van der Waals surface area (Å²) < 4.78 is 10.4. The molecule has 1 fully saturated rings. The van der Waals surface area contributed by atoms with Gasteiger partial charge in [-0.15, -0.1) is 0 Å². The molecule has 7 heteroatoms. The Morgan fingerprint density at radius 1 is 1.18 bits per heavy atom. The van der Waals surface area contributed by atoms with Crippen molar-refractivity contribution in [2.75, 3.05) is 47.0 Å². The maximum atomic E-state index is 12.8. The Morgan fingerprint density at radius 2 is 2.00 bits per heavy atom. The molecule has 150 valence electrons. The molecule has 2 heterocycles. The van der Waals surface area contributed by atoms with E-state index in [0.717, 1.165) is 24.2 Å².